The minimum atomic E-state index is -0.148. The molecule has 3 N–H and O–H groups in total. The zero-order valence-electron chi connectivity index (χ0n) is 12.8. The number of phenols is 3. The van der Waals surface area contributed by atoms with E-state index in [9.17, 15) is 15.3 Å². The van der Waals surface area contributed by atoms with Gasteiger partial charge in [-0.25, -0.2) is 0 Å². The van der Waals surface area contributed by atoms with Crippen LogP contribution in [0.3, 0.4) is 0 Å². The summed E-state index contributed by atoms with van der Waals surface area (Å²) in [6.45, 7) is 6.35. The number of benzene rings is 2. The fourth-order valence-corrected chi connectivity index (χ4v) is 2.92. The van der Waals surface area contributed by atoms with E-state index in [0.717, 1.165) is 24.8 Å². The minimum Gasteiger partial charge on any atom is -0.508 e. The third-order valence-corrected chi connectivity index (χ3v) is 3.92. The van der Waals surface area contributed by atoms with E-state index in [0.29, 0.717) is 5.56 Å². The lowest BCUT2D eigenvalue weighted by Gasteiger charge is -2.16. The van der Waals surface area contributed by atoms with Gasteiger partial charge in [-0.3, -0.25) is 0 Å². The zero-order chi connectivity index (χ0) is 15.6. The van der Waals surface area contributed by atoms with E-state index in [4.69, 9.17) is 0 Å². The first-order valence-electron chi connectivity index (χ1n) is 7.41. The minimum absolute atomic E-state index is 0.110. The van der Waals surface area contributed by atoms with Gasteiger partial charge in [0.15, 0.2) is 0 Å². The molecule has 2 aromatic rings. The summed E-state index contributed by atoms with van der Waals surface area (Å²) < 4.78 is 0. The summed E-state index contributed by atoms with van der Waals surface area (Å²) >= 11 is 0. The second kappa shape index (κ2) is 6.08. The number of aryl methyl sites for hydroxylation is 2. The quantitative estimate of drug-likeness (QED) is 0.791. The van der Waals surface area contributed by atoms with Gasteiger partial charge in [0.05, 0.1) is 5.56 Å². The van der Waals surface area contributed by atoms with Crippen molar-refractivity contribution in [1.29, 1.82) is 0 Å². The van der Waals surface area contributed by atoms with Gasteiger partial charge in [0.1, 0.15) is 17.2 Å². The average molecular weight is 286 g/mol. The normalized spacial score (nSPS) is 10.8. The van der Waals surface area contributed by atoms with E-state index < -0.39 is 0 Å². The molecule has 2 aromatic carbocycles. The molecule has 0 aliphatic rings. The van der Waals surface area contributed by atoms with E-state index in [1.807, 2.05) is 12.1 Å². The van der Waals surface area contributed by atoms with Crippen molar-refractivity contribution in [3.8, 4) is 28.4 Å². The van der Waals surface area contributed by atoms with E-state index in [-0.39, 0.29) is 17.2 Å². The molecule has 0 radical (unpaired) electrons. The Labute approximate surface area is 125 Å². The fraction of sp³-hybridized carbons (Fsp3) is 0.333. The smallest absolute Gasteiger partial charge is 0.130 e. The summed E-state index contributed by atoms with van der Waals surface area (Å²) in [7, 11) is 0. The lowest BCUT2D eigenvalue weighted by molar-refractivity contribution is 0.430. The molecule has 0 saturated heterocycles. The van der Waals surface area contributed by atoms with Crippen LogP contribution in [0.5, 0.6) is 17.2 Å². The fourth-order valence-electron chi connectivity index (χ4n) is 2.92. The molecule has 0 amide bonds. The van der Waals surface area contributed by atoms with Crippen LogP contribution in [0.25, 0.3) is 11.1 Å². The molecule has 0 saturated carbocycles. The molecule has 0 aliphatic carbocycles. The van der Waals surface area contributed by atoms with Gasteiger partial charge in [-0.05, 0) is 41.5 Å². The molecule has 3 heteroatoms. The Morgan fingerprint density at radius 1 is 0.714 bits per heavy atom. The number of aromatic hydroxyl groups is 3. The van der Waals surface area contributed by atoms with Crippen molar-refractivity contribution < 1.29 is 15.3 Å². The molecule has 0 heterocycles. The van der Waals surface area contributed by atoms with Crippen LogP contribution in [0.1, 0.15) is 37.5 Å². The third kappa shape index (κ3) is 2.82. The van der Waals surface area contributed by atoms with Gasteiger partial charge >= 0.3 is 0 Å². The summed E-state index contributed by atoms with van der Waals surface area (Å²) in [5.41, 5.74) is 4.98. The molecule has 2 rings (SSSR count). The first-order valence-corrected chi connectivity index (χ1v) is 7.41. The maximum atomic E-state index is 10.1. The Bertz CT molecular complexity index is 611. The topological polar surface area (TPSA) is 60.7 Å². The van der Waals surface area contributed by atoms with Crippen LogP contribution >= 0.6 is 0 Å². The van der Waals surface area contributed by atoms with Gasteiger partial charge < -0.3 is 15.3 Å². The lowest BCUT2D eigenvalue weighted by Crippen LogP contribution is -1.99. The number of hydrogen-bond donors (Lipinski definition) is 3. The first-order chi connectivity index (χ1) is 10.0. The van der Waals surface area contributed by atoms with Crippen LogP contribution in [0.4, 0.5) is 0 Å². The summed E-state index contributed by atoms with van der Waals surface area (Å²) in [4.78, 5) is 0. The van der Waals surface area contributed by atoms with Crippen LogP contribution < -0.4 is 0 Å². The molecule has 3 nitrogen and oxygen atoms in total. The Kier molecular flexibility index (Phi) is 4.41. The zero-order valence-corrected chi connectivity index (χ0v) is 12.8. The molecule has 0 aromatic heterocycles. The summed E-state index contributed by atoms with van der Waals surface area (Å²) in [6.07, 6.45) is 2.79. The van der Waals surface area contributed by atoms with E-state index in [1.54, 1.807) is 0 Å². The van der Waals surface area contributed by atoms with Gasteiger partial charge in [0.2, 0.25) is 0 Å². The molecule has 0 unspecified atom stereocenters. The van der Waals surface area contributed by atoms with Crippen LogP contribution in [0.2, 0.25) is 0 Å². The standard InChI is InChI=1S/C18H22O3/c1-4-11-7-13(8-12(5-2)15(11)6-3)18-16(20)9-14(19)10-17(18)21/h7-10,19-21H,4-6H2,1-3H3. The van der Waals surface area contributed by atoms with Crippen LogP contribution in [-0.4, -0.2) is 15.3 Å². The predicted octanol–water partition coefficient (Wildman–Crippen LogP) is 4.16. The van der Waals surface area contributed by atoms with Gasteiger partial charge in [-0.1, -0.05) is 32.9 Å². The molecule has 0 bridgehead atoms. The SMILES string of the molecule is CCc1cc(-c2c(O)cc(O)cc2O)cc(CC)c1CC. The van der Waals surface area contributed by atoms with Gasteiger partial charge in [0.25, 0.3) is 0 Å². The van der Waals surface area contributed by atoms with Gasteiger partial charge in [-0.2, -0.15) is 0 Å². The van der Waals surface area contributed by atoms with Crippen LogP contribution in [0, 0.1) is 0 Å². The average Bonchev–Trinajstić information content (AvgIpc) is 2.44. The van der Waals surface area contributed by atoms with E-state index in [1.165, 1.54) is 28.8 Å². The van der Waals surface area contributed by atoms with Crippen LogP contribution in [-0.2, 0) is 19.3 Å². The van der Waals surface area contributed by atoms with Crippen molar-refractivity contribution in [3.05, 3.63) is 41.0 Å². The second-order valence-electron chi connectivity index (χ2n) is 5.19. The van der Waals surface area contributed by atoms with Crippen molar-refractivity contribution in [2.75, 3.05) is 0 Å². The molecule has 21 heavy (non-hydrogen) atoms. The molecule has 0 spiro atoms. The van der Waals surface area contributed by atoms with Crippen molar-refractivity contribution >= 4 is 0 Å². The Morgan fingerprint density at radius 2 is 1.19 bits per heavy atom. The molecular formula is C18H22O3. The predicted molar refractivity (Wildman–Crippen MR) is 85.0 cm³/mol. The van der Waals surface area contributed by atoms with E-state index in [2.05, 4.69) is 20.8 Å². The molecule has 112 valence electrons. The van der Waals surface area contributed by atoms with Crippen molar-refractivity contribution in [3.63, 3.8) is 0 Å². The van der Waals surface area contributed by atoms with Crippen LogP contribution in [0.15, 0.2) is 24.3 Å². The number of hydrogen-bond acceptors (Lipinski definition) is 3. The molecule has 0 atom stereocenters. The monoisotopic (exact) mass is 286 g/mol. The maximum Gasteiger partial charge on any atom is 0.130 e. The lowest BCUT2D eigenvalue weighted by atomic mass is 9.90. The summed E-state index contributed by atoms with van der Waals surface area (Å²) in [5, 5.41) is 29.5. The van der Waals surface area contributed by atoms with Gasteiger partial charge in [-0.15, -0.1) is 0 Å². The highest BCUT2D eigenvalue weighted by Gasteiger charge is 2.15. The highest BCUT2D eigenvalue weighted by molar-refractivity contribution is 5.78. The maximum absolute atomic E-state index is 10.1. The highest BCUT2D eigenvalue weighted by Crippen LogP contribution is 2.41. The molecular weight excluding hydrogens is 264 g/mol. The Morgan fingerprint density at radius 3 is 1.57 bits per heavy atom. The van der Waals surface area contributed by atoms with Crippen molar-refractivity contribution in [2.45, 2.75) is 40.0 Å². The second-order valence-corrected chi connectivity index (χ2v) is 5.19. The van der Waals surface area contributed by atoms with Crippen molar-refractivity contribution in [2.24, 2.45) is 0 Å². The summed E-state index contributed by atoms with van der Waals surface area (Å²) in [5.74, 6) is -0.368. The highest BCUT2D eigenvalue weighted by atomic mass is 16.3. The molecule has 0 fully saturated rings. The van der Waals surface area contributed by atoms with Crippen molar-refractivity contribution in [1.82, 2.24) is 0 Å². The largest absolute Gasteiger partial charge is 0.508 e. The Hall–Kier alpha value is -2.16. The number of rotatable bonds is 4. The van der Waals surface area contributed by atoms with Gasteiger partial charge in [0, 0.05) is 12.1 Å². The Balaban J connectivity index is 2.70. The summed E-state index contributed by atoms with van der Waals surface area (Å²) in [6, 6.07) is 6.54. The first kappa shape index (κ1) is 15.2. The third-order valence-electron chi connectivity index (χ3n) is 3.92. The van der Waals surface area contributed by atoms with E-state index >= 15 is 0 Å². The molecule has 0 aliphatic heterocycles. The number of phenolic OH excluding ortho intramolecular Hbond substituents is 3.